The minimum Gasteiger partial charge on any atom is -0.306 e. The largest absolute Gasteiger partial charge is 0.306 e. The van der Waals surface area contributed by atoms with E-state index in [2.05, 4.69) is 42.8 Å². The van der Waals surface area contributed by atoms with Gasteiger partial charge in [-0.3, -0.25) is 0 Å². The van der Waals surface area contributed by atoms with Gasteiger partial charge in [0.1, 0.15) is 5.82 Å². The van der Waals surface area contributed by atoms with Gasteiger partial charge in [0, 0.05) is 17.5 Å². The molecule has 1 N–H and O–H groups in total. The summed E-state index contributed by atoms with van der Waals surface area (Å²) in [6, 6.07) is 14.1. The topological polar surface area (TPSA) is 12.0 Å². The van der Waals surface area contributed by atoms with Crippen LogP contribution >= 0.6 is 11.8 Å². The van der Waals surface area contributed by atoms with Crippen LogP contribution in [0.1, 0.15) is 29.7 Å². The third-order valence-corrected chi connectivity index (χ3v) is 4.21. The van der Waals surface area contributed by atoms with Crippen LogP contribution < -0.4 is 5.32 Å². The van der Waals surface area contributed by atoms with Crippen LogP contribution in [0.2, 0.25) is 0 Å². The standard InChI is InChI=1S/C17H20FNS/c1-12-4-7-15(10-17(12)18)13(2)19-11-14-5-8-16(20-3)9-6-14/h4-10,13,19H,11H2,1-3H3. The van der Waals surface area contributed by atoms with E-state index in [4.69, 9.17) is 0 Å². The van der Waals surface area contributed by atoms with Gasteiger partial charge < -0.3 is 5.32 Å². The summed E-state index contributed by atoms with van der Waals surface area (Å²) in [6.07, 6.45) is 2.07. The summed E-state index contributed by atoms with van der Waals surface area (Å²) in [7, 11) is 0. The summed E-state index contributed by atoms with van der Waals surface area (Å²) in [5.74, 6) is -0.138. The number of aryl methyl sites for hydroxylation is 1. The van der Waals surface area contributed by atoms with Gasteiger partial charge >= 0.3 is 0 Å². The number of thioether (sulfide) groups is 1. The third-order valence-electron chi connectivity index (χ3n) is 3.47. The zero-order valence-electron chi connectivity index (χ0n) is 12.1. The van der Waals surface area contributed by atoms with Crippen molar-refractivity contribution in [1.29, 1.82) is 0 Å². The maximum Gasteiger partial charge on any atom is 0.126 e. The number of nitrogens with one attached hydrogen (secondary N) is 1. The lowest BCUT2D eigenvalue weighted by atomic mass is 10.1. The number of hydrogen-bond acceptors (Lipinski definition) is 2. The van der Waals surface area contributed by atoms with Crippen molar-refractivity contribution in [1.82, 2.24) is 5.32 Å². The van der Waals surface area contributed by atoms with E-state index in [9.17, 15) is 4.39 Å². The molecule has 0 aromatic heterocycles. The first-order valence-corrected chi connectivity index (χ1v) is 7.95. The molecule has 0 amide bonds. The van der Waals surface area contributed by atoms with Gasteiger partial charge in [0.25, 0.3) is 0 Å². The van der Waals surface area contributed by atoms with Gasteiger partial charge in [-0.1, -0.05) is 24.3 Å². The predicted molar refractivity (Wildman–Crippen MR) is 84.6 cm³/mol. The molecule has 3 heteroatoms. The summed E-state index contributed by atoms with van der Waals surface area (Å²) >= 11 is 1.74. The Morgan fingerprint density at radius 2 is 1.85 bits per heavy atom. The molecule has 0 fully saturated rings. The second kappa shape index (κ2) is 6.91. The molecule has 0 aliphatic carbocycles. The molecular formula is C17H20FNS. The highest BCUT2D eigenvalue weighted by Crippen LogP contribution is 2.18. The Hall–Kier alpha value is -1.32. The van der Waals surface area contributed by atoms with Crippen LogP contribution in [0.15, 0.2) is 47.4 Å². The number of rotatable bonds is 5. The first-order valence-electron chi connectivity index (χ1n) is 6.72. The maximum atomic E-state index is 13.6. The molecular weight excluding hydrogens is 269 g/mol. The average Bonchev–Trinajstić information content (AvgIpc) is 2.48. The van der Waals surface area contributed by atoms with Crippen molar-refractivity contribution in [3.05, 3.63) is 65.0 Å². The Bertz CT molecular complexity index is 566. The highest BCUT2D eigenvalue weighted by atomic mass is 32.2. The Balaban J connectivity index is 1.96. The molecule has 1 unspecified atom stereocenters. The normalized spacial score (nSPS) is 12.4. The van der Waals surface area contributed by atoms with E-state index in [-0.39, 0.29) is 11.9 Å². The van der Waals surface area contributed by atoms with Crippen molar-refractivity contribution in [2.45, 2.75) is 31.3 Å². The molecule has 0 heterocycles. The third kappa shape index (κ3) is 3.84. The fraction of sp³-hybridized carbons (Fsp3) is 0.294. The van der Waals surface area contributed by atoms with Crippen LogP contribution in [0.25, 0.3) is 0 Å². The van der Waals surface area contributed by atoms with Crippen LogP contribution in [0.3, 0.4) is 0 Å². The second-order valence-corrected chi connectivity index (χ2v) is 5.84. The van der Waals surface area contributed by atoms with E-state index in [1.54, 1.807) is 24.8 Å². The van der Waals surface area contributed by atoms with Crippen molar-refractivity contribution in [2.24, 2.45) is 0 Å². The predicted octanol–water partition coefficient (Wildman–Crippen LogP) is 4.71. The zero-order valence-corrected chi connectivity index (χ0v) is 12.9. The molecule has 0 aliphatic heterocycles. The van der Waals surface area contributed by atoms with Crippen LogP contribution in [-0.4, -0.2) is 6.26 Å². The fourth-order valence-electron chi connectivity index (χ4n) is 2.01. The van der Waals surface area contributed by atoms with Gasteiger partial charge in [-0.25, -0.2) is 4.39 Å². The summed E-state index contributed by atoms with van der Waals surface area (Å²) < 4.78 is 13.6. The van der Waals surface area contributed by atoms with Gasteiger partial charge in [0.15, 0.2) is 0 Å². The lowest BCUT2D eigenvalue weighted by Gasteiger charge is -2.15. The number of benzene rings is 2. The average molecular weight is 289 g/mol. The first kappa shape index (κ1) is 15.1. The van der Waals surface area contributed by atoms with Gasteiger partial charge in [-0.2, -0.15) is 0 Å². The minimum absolute atomic E-state index is 0.130. The molecule has 0 spiro atoms. The molecule has 2 aromatic rings. The number of hydrogen-bond donors (Lipinski definition) is 1. The Morgan fingerprint density at radius 3 is 2.45 bits per heavy atom. The summed E-state index contributed by atoms with van der Waals surface area (Å²) in [5, 5.41) is 3.43. The Labute approximate surface area is 124 Å². The highest BCUT2D eigenvalue weighted by molar-refractivity contribution is 7.98. The second-order valence-electron chi connectivity index (χ2n) is 4.96. The summed E-state index contributed by atoms with van der Waals surface area (Å²) in [4.78, 5) is 1.27. The van der Waals surface area contributed by atoms with E-state index in [0.29, 0.717) is 5.56 Å². The molecule has 1 atom stereocenters. The fourth-order valence-corrected chi connectivity index (χ4v) is 2.42. The van der Waals surface area contributed by atoms with Crippen molar-refractivity contribution in [2.75, 3.05) is 6.26 Å². The van der Waals surface area contributed by atoms with Crippen molar-refractivity contribution in [3.8, 4) is 0 Å². The maximum absolute atomic E-state index is 13.6. The van der Waals surface area contributed by atoms with Crippen LogP contribution in [0, 0.1) is 12.7 Å². The van der Waals surface area contributed by atoms with Crippen LogP contribution in [0.4, 0.5) is 4.39 Å². The van der Waals surface area contributed by atoms with Gasteiger partial charge in [-0.05, 0) is 55.0 Å². The SMILES string of the molecule is CSc1ccc(CNC(C)c2ccc(C)c(F)c2)cc1. The molecule has 0 radical (unpaired) electrons. The summed E-state index contributed by atoms with van der Waals surface area (Å²) in [6.45, 7) is 4.62. The Morgan fingerprint density at radius 1 is 1.15 bits per heavy atom. The van der Waals surface area contributed by atoms with Crippen LogP contribution in [-0.2, 0) is 6.54 Å². The molecule has 0 saturated heterocycles. The van der Waals surface area contributed by atoms with E-state index in [0.717, 1.165) is 12.1 Å². The molecule has 2 rings (SSSR count). The molecule has 20 heavy (non-hydrogen) atoms. The van der Waals surface area contributed by atoms with Gasteiger partial charge in [0.05, 0.1) is 0 Å². The zero-order chi connectivity index (χ0) is 14.5. The van der Waals surface area contributed by atoms with E-state index >= 15 is 0 Å². The lowest BCUT2D eigenvalue weighted by molar-refractivity contribution is 0.563. The smallest absolute Gasteiger partial charge is 0.126 e. The monoisotopic (exact) mass is 289 g/mol. The molecule has 0 saturated carbocycles. The Kier molecular flexibility index (Phi) is 5.21. The quantitative estimate of drug-likeness (QED) is 0.800. The molecule has 0 aliphatic rings. The highest BCUT2D eigenvalue weighted by Gasteiger charge is 2.07. The van der Waals surface area contributed by atoms with Crippen molar-refractivity contribution < 1.29 is 4.39 Å². The lowest BCUT2D eigenvalue weighted by Crippen LogP contribution is -2.18. The molecule has 1 nitrogen and oxygen atoms in total. The van der Waals surface area contributed by atoms with E-state index < -0.39 is 0 Å². The first-order chi connectivity index (χ1) is 9.60. The number of halogens is 1. The molecule has 2 aromatic carbocycles. The van der Waals surface area contributed by atoms with E-state index in [1.807, 2.05) is 12.1 Å². The van der Waals surface area contributed by atoms with Crippen molar-refractivity contribution >= 4 is 11.8 Å². The minimum atomic E-state index is -0.138. The molecule has 0 bridgehead atoms. The molecule has 106 valence electrons. The van der Waals surface area contributed by atoms with Crippen LogP contribution in [0.5, 0.6) is 0 Å². The van der Waals surface area contributed by atoms with Gasteiger partial charge in [0.2, 0.25) is 0 Å². The van der Waals surface area contributed by atoms with Crippen molar-refractivity contribution in [3.63, 3.8) is 0 Å². The van der Waals surface area contributed by atoms with Gasteiger partial charge in [-0.15, -0.1) is 11.8 Å². The summed E-state index contributed by atoms with van der Waals surface area (Å²) in [5.41, 5.74) is 2.91. The van der Waals surface area contributed by atoms with E-state index in [1.165, 1.54) is 10.5 Å².